The number of carbonyl (C=O) groups excluding carboxylic acids is 1. The predicted octanol–water partition coefficient (Wildman–Crippen LogP) is 2.46. The van der Waals surface area contributed by atoms with E-state index in [9.17, 15) is 9.18 Å². The van der Waals surface area contributed by atoms with Gasteiger partial charge in [0.2, 0.25) is 0 Å². The maximum atomic E-state index is 12.9. The summed E-state index contributed by atoms with van der Waals surface area (Å²) >= 11 is 0. The predicted molar refractivity (Wildman–Crippen MR) is 66.9 cm³/mol. The van der Waals surface area contributed by atoms with Crippen molar-refractivity contribution >= 4 is 5.91 Å². The fourth-order valence-corrected chi connectivity index (χ4v) is 2.05. The first kappa shape index (κ1) is 12.9. The molecule has 4 heteroatoms. The molecule has 0 unspecified atom stereocenters. The van der Waals surface area contributed by atoms with Gasteiger partial charge in [0.15, 0.2) is 6.61 Å². The Morgan fingerprint density at radius 2 is 2.17 bits per heavy atom. The van der Waals surface area contributed by atoms with E-state index in [-0.39, 0.29) is 18.3 Å². The van der Waals surface area contributed by atoms with Crippen LogP contribution in [0.15, 0.2) is 24.3 Å². The van der Waals surface area contributed by atoms with Gasteiger partial charge in [0.05, 0.1) is 0 Å². The summed E-state index contributed by atoms with van der Waals surface area (Å²) in [5.74, 6) is 0.713. The summed E-state index contributed by atoms with van der Waals surface area (Å²) in [5, 5.41) is 0. The summed E-state index contributed by atoms with van der Waals surface area (Å²) < 4.78 is 18.2. The molecule has 2 rings (SSSR count). The molecule has 0 atom stereocenters. The third kappa shape index (κ3) is 3.45. The van der Waals surface area contributed by atoms with Crippen LogP contribution in [0.3, 0.4) is 0 Å². The maximum Gasteiger partial charge on any atom is 0.260 e. The van der Waals surface area contributed by atoms with E-state index in [0.29, 0.717) is 11.7 Å². The molecule has 1 aromatic rings. The molecule has 0 saturated carbocycles. The van der Waals surface area contributed by atoms with Gasteiger partial charge in [0.1, 0.15) is 11.6 Å². The lowest BCUT2D eigenvalue weighted by Gasteiger charge is -2.30. The van der Waals surface area contributed by atoms with Crippen molar-refractivity contribution < 1.29 is 13.9 Å². The van der Waals surface area contributed by atoms with E-state index >= 15 is 0 Å². The Hall–Kier alpha value is -1.58. The van der Waals surface area contributed by atoms with E-state index < -0.39 is 0 Å². The van der Waals surface area contributed by atoms with Crippen LogP contribution in [0.4, 0.5) is 4.39 Å². The fraction of sp³-hybridized carbons (Fsp3) is 0.500. The summed E-state index contributed by atoms with van der Waals surface area (Å²) in [6.07, 6.45) is 2.09. The Balaban J connectivity index is 1.81. The highest BCUT2D eigenvalue weighted by Gasteiger charge is 2.20. The summed E-state index contributed by atoms with van der Waals surface area (Å²) in [6, 6.07) is 5.85. The number of benzene rings is 1. The molecule has 98 valence electrons. The molecule has 0 spiro atoms. The Morgan fingerprint density at radius 1 is 1.44 bits per heavy atom. The van der Waals surface area contributed by atoms with Crippen molar-refractivity contribution in [1.29, 1.82) is 0 Å². The Morgan fingerprint density at radius 3 is 2.83 bits per heavy atom. The molecule has 0 aliphatic carbocycles. The van der Waals surface area contributed by atoms with E-state index in [1.54, 1.807) is 12.1 Å². The second-order valence-corrected chi connectivity index (χ2v) is 4.81. The zero-order valence-electron chi connectivity index (χ0n) is 10.6. The topological polar surface area (TPSA) is 29.5 Å². The van der Waals surface area contributed by atoms with E-state index in [2.05, 4.69) is 6.92 Å². The number of nitrogens with zero attached hydrogens (tertiary/aromatic N) is 1. The summed E-state index contributed by atoms with van der Waals surface area (Å²) in [4.78, 5) is 13.7. The second kappa shape index (κ2) is 5.85. The molecule has 1 amide bonds. The second-order valence-electron chi connectivity index (χ2n) is 4.81. The van der Waals surface area contributed by atoms with Crippen molar-refractivity contribution in [2.75, 3.05) is 19.7 Å². The molecule has 0 N–H and O–H groups in total. The molecule has 0 radical (unpaired) electrons. The van der Waals surface area contributed by atoms with Gasteiger partial charge in [-0.2, -0.15) is 0 Å². The fourth-order valence-electron chi connectivity index (χ4n) is 2.05. The van der Waals surface area contributed by atoms with Crippen molar-refractivity contribution in [1.82, 2.24) is 4.90 Å². The van der Waals surface area contributed by atoms with Gasteiger partial charge in [-0.25, -0.2) is 4.39 Å². The molecular formula is C14H18FNO2. The third-order valence-electron chi connectivity index (χ3n) is 3.29. The lowest BCUT2D eigenvalue weighted by Crippen LogP contribution is -2.40. The molecular weight excluding hydrogens is 233 g/mol. The average Bonchev–Trinajstić information content (AvgIpc) is 2.37. The van der Waals surface area contributed by atoms with Crippen LogP contribution in [0, 0.1) is 11.7 Å². The zero-order valence-corrected chi connectivity index (χ0v) is 10.6. The van der Waals surface area contributed by atoms with Crippen molar-refractivity contribution in [3.05, 3.63) is 30.1 Å². The molecule has 1 heterocycles. The van der Waals surface area contributed by atoms with Crippen LogP contribution in [0.5, 0.6) is 5.75 Å². The highest BCUT2D eigenvalue weighted by Crippen LogP contribution is 2.16. The van der Waals surface area contributed by atoms with Gasteiger partial charge in [-0.1, -0.05) is 13.0 Å². The molecule has 0 bridgehead atoms. The molecule has 1 aliphatic heterocycles. The van der Waals surface area contributed by atoms with E-state index in [0.717, 1.165) is 25.9 Å². The van der Waals surface area contributed by atoms with Crippen molar-refractivity contribution in [3.63, 3.8) is 0 Å². The van der Waals surface area contributed by atoms with Gasteiger partial charge in [-0.15, -0.1) is 0 Å². The largest absolute Gasteiger partial charge is 0.484 e. The number of hydrogen-bond donors (Lipinski definition) is 0. The van der Waals surface area contributed by atoms with Crippen LogP contribution >= 0.6 is 0 Å². The number of carbonyl (C=O) groups is 1. The highest BCUT2D eigenvalue weighted by molar-refractivity contribution is 5.77. The van der Waals surface area contributed by atoms with Gasteiger partial charge in [0.25, 0.3) is 5.91 Å². The number of piperidine rings is 1. The van der Waals surface area contributed by atoms with Crippen LogP contribution in [0.2, 0.25) is 0 Å². The molecule has 1 aromatic carbocycles. The SMILES string of the molecule is CC1CCN(C(=O)COc2cccc(F)c2)CC1. The first-order valence-corrected chi connectivity index (χ1v) is 6.31. The number of halogens is 1. The van der Waals surface area contributed by atoms with Gasteiger partial charge in [0, 0.05) is 19.2 Å². The minimum atomic E-state index is -0.355. The highest BCUT2D eigenvalue weighted by atomic mass is 19.1. The Kier molecular flexibility index (Phi) is 4.18. The minimum Gasteiger partial charge on any atom is -0.484 e. The lowest BCUT2D eigenvalue weighted by atomic mass is 9.99. The smallest absolute Gasteiger partial charge is 0.260 e. The van der Waals surface area contributed by atoms with Gasteiger partial charge in [-0.05, 0) is 30.9 Å². The van der Waals surface area contributed by atoms with E-state index in [4.69, 9.17) is 4.74 Å². The molecule has 18 heavy (non-hydrogen) atoms. The zero-order chi connectivity index (χ0) is 13.0. The summed E-state index contributed by atoms with van der Waals surface area (Å²) in [7, 11) is 0. The van der Waals surface area contributed by atoms with Crippen LogP contribution in [-0.4, -0.2) is 30.5 Å². The van der Waals surface area contributed by atoms with Gasteiger partial charge < -0.3 is 9.64 Å². The van der Waals surface area contributed by atoms with Crippen molar-refractivity contribution in [3.8, 4) is 5.75 Å². The number of amides is 1. The first-order valence-electron chi connectivity index (χ1n) is 6.31. The molecule has 1 aliphatic rings. The first-order chi connectivity index (χ1) is 8.65. The average molecular weight is 251 g/mol. The minimum absolute atomic E-state index is 0.0160. The number of likely N-dealkylation sites (tertiary alicyclic amines) is 1. The molecule has 1 saturated heterocycles. The van der Waals surface area contributed by atoms with E-state index in [1.165, 1.54) is 12.1 Å². The summed E-state index contributed by atoms with van der Waals surface area (Å²) in [5.41, 5.74) is 0. The van der Waals surface area contributed by atoms with Gasteiger partial charge in [-0.3, -0.25) is 4.79 Å². The summed E-state index contributed by atoms with van der Waals surface area (Å²) in [6.45, 7) is 3.78. The quantitative estimate of drug-likeness (QED) is 0.826. The monoisotopic (exact) mass is 251 g/mol. The van der Waals surface area contributed by atoms with Crippen LogP contribution in [-0.2, 0) is 4.79 Å². The van der Waals surface area contributed by atoms with Crippen molar-refractivity contribution in [2.45, 2.75) is 19.8 Å². The van der Waals surface area contributed by atoms with E-state index in [1.807, 2.05) is 4.90 Å². The van der Waals surface area contributed by atoms with Gasteiger partial charge >= 0.3 is 0 Å². The van der Waals surface area contributed by atoms with Crippen LogP contribution < -0.4 is 4.74 Å². The normalized spacial score (nSPS) is 16.7. The number of rotatable bonds is 3. The Bertz CT molecular complexity index is 414. The third-order valence-corrected chi connectivity index (χ3v) is 3.29. The molecule has 3 nitrogen and oxygen atoms in total. The number of ether oxygens (including phenoxy) is 1. The molecule has 0 aromatic heterocycles. The number of hydrogen-bond acceptors (Lipinski definition) is 2. The van der Waals surface area contributed by atoms with Crippen LogP contribution in [0.25, 0.3) is 0 Å². The Labute approximate surface area is 107 Å². The standard InChI is InChI=1S/C14H18FNO2/c1-11-5-7-16(8-6-11)14(17)10-18-13-4-2-3-12(15)9-13/h2-4,9,11H,5-8,10H2,1H3. The maximum absolute atomic E-state index is 12.9. The van der Waals surface area contributed by atoms with Crippen molar-refractivity contribution in [2.24, 2.45) is 5.92 Å². The molecule has 1 fully saturated rings. The lowest BCUT2D eigenvalue weighted by molar-refractivity contribution is -0.134. The van der Waals surface area contributed by atoms with Crippen LogP contribution in [0.1, 0.15) is 19.8 Å².